The summed E-state index contributed by atoms with van der Waals surface area (Å²) < 4.78 is 26.0. The van der Waals surface area contributed by atoms with Crippen LogP contribution in [0.1, 0.15) is 32.6 Å². The Morgan fingerprint density at radius 2 is 1.69 bits per heavy atom. The monoisotopic (exact) mass is 388 g/mol. The Hall–Kier alpha value is -3.40. The first-order chi connectivity index (χ1) is 14.1. The fourth-order valence-electron chi connectivity index (χ4n) is 3.51. The summed E-state index contributed by atoms with van der Waals surface area (Å²) in [5.74, 6) is 0.216. The number of benzene rings is 3. The highest BCUT2D eigenvalue weighted by Gasteiger charge is 2.21. The molecule has 0 bridgehead atoms. The summed E-state index contributed by atoms with van der Waals surface area (Å²) in [5.41, 5.74) is 5.93. The van der Waals surface area contributed by atoms with Gasteiger partial charge in [0.25, 0.3) is 0 Å². The van der Waals surface area contributed by atoms with Crippen molar-refractivity contribution in [3.05, 3.63) is 82.2 Å². The van der Waals surface area contributed by atoms with E-state index < -0.39 is 5.82 Å². The molecule has 1 aliphatic heterocycles. The molecule has 4 heteroatoms. The van der Waals surface area contributed by atoms with Crippen molar-refractivity contribution in [2.24, 2.45) is 0 Å². The van der Waals surface area contributed by atoms with Gasteiger partial charge in [-0.25, -0.2) is 4.39 Å². The number of ether oxygens (including phenoxy) is 2. The lowest BCUT2D eigenvalue weighted by Gasteiger charge is -2.20. The first kappa shape index (κ1) is 18.9. The smallest absolute Gasteiger partial charge is 0.197 e. The summed E-state index contributed by atoms with van der Waals surface area (Å²) in [7, 11) is 0. The molecule has 3 aromatic rings. The highest BCUT2D eigenvalue weighted by molar-refractivity contribution is 5.81. The molecule has 3 aromatic carbocycles. The first-order valence-corrected chi connectivity index (χ1v) is 9.50. The van der Waals surface area contributed by atoms with Gasteiger partial charge >= 0.3 is 0 Å². The van der Waals surface area contributed by atoms with Crippen LogP contribution < -0.4 is 9.47 Å². The Kier molecular flexibility index (Phi) is 5.17. The van der Waals surface area contributed by atoms with Crippen LogP contribution in [0.25, 0.3) is 23.3 Å². The van der Waals surface area contributed by atoms with Gasteiger partial charge in [0.1, 0.15) is 19.5 Å². The van der Waals surface area contributed by atoms with Gasteiger partial charge in [0, 0.05) is 11.1 Å². The minimum Gasteiger partial charge on any atom is -0.486 e. The van der Waals surface area contributed by atoms with Crippen LogP contribution in [-0.4, -0.2) is 19.5 Å². The first-order valence-electron chi connectivity index (χ1n) is 9.50. The Morgan fingerprint density at radius 3 is 2.52 bits per heavy atom. The van der Waals surface area contributed by atoms with Crippen molar-refractivity contribution in [1.29, 1.82) is 0 Å². The number of hydrogen-bond acceptors (Lipinski definition) is 3. The van der Waals surface area contributed by atoms with E-state index in [9.17, 15) is 4.79 Å². The molecule has 146 valence electrons. The zero-order valence-corrected chi connectivity index (χ0v) is 16.4. The van der Waals surface area contributed by atoms with Crippen molar-refractivity contribution >= 4 is 18.4 Å². The molecule has 0 radical (unpaired) electrons. The lowest BCUT2D eigenvalue weighted by atomic mass is 9.94. The molecule has 29 heavy (non-hydrogen) atoms. The Balaban J connectivity index is 1.73. The van der Waals surface area contributed by atoms with Gasteiger partial charge in [-0.1, -0.05) is 42.5 Å². The SMILES string of the molecule is Cc1ccc(C=O)cc1/C=C/c1cccc(-c2ccc3c(c2F)OCCO3)c1C. The lowest BCUT2D eigenvalue weighted by molar-refractivity contribution is 0.112. The average Bonchev–Trinajstić information content (AvgIpc) is 2.75. The van der Waals surface area contributed by atoms with Crippen molar-refractivity contribution in [3.8, 4) is 22.6 Å². The predicted octanol–water partition coefficient (Wildman–Crippen LogP) is 5.86. The number of aldehydes is 1. The maximum absolute atomic E-state index is 15.1. The summed E-state index contributed by atoms with van der Waals surface area (Å²) in [6, 6.07) is 14.9. The van der Waals surface area contributed by atoms with Gasteiger partial charge in [0.15, 0.2) is 17.3 Å². The largest absolute Gasteiger partial charge is 0.486 e. The second-order valence-electron chi connectivity index (χ2n) is 7.04. The van der Waals surface area contributed by atoms with Crippen LogP contribution in [-0.2, 0) is 0 Å². The number of halogens is 1. The summed E-state index contributed by atoms with van der Waals surface area (Å²) >= 11 is 0. The van der Waals surface area contributed by atoms with Crippen LogP contribution in [0, 0.1) is 19.7 Å². The summed E-state index contributed by atoms with van der Waals surface area (Å²) in [5, 5.41) is 0. The summed E-state index contributed by atoms with van der Waals surface area (Å²) in [6.45, 7) is 4.74. The Morgan fingerprint density at radius 1 is 0.897 bits per heavy atom. The maximum Gasteiger partial charge on any atom is 0.197 e. The summed E-state index contributed by atoms with van der Waals surface area (Å²) in [4.78, 5) is 11.1. The zero-order valence-electron chi connectivity index (χ0n) is 16.4. The number of fused-ring (bicyclic) bond motifs is 1. The normalized spacial score (nSPS) is 12.9. The van der Waals surface area contributed by atoms with E-state index in [2.05, 4.69) is 0 Å². The van der Waals surface area contributed by atoms with Gasteiger partial charge in [-0.3, -0.25) is 4.79 Å². The van der Waals surface area contributed by atoms with Crippen molar-refractivity contribution < 1.29 is 18.7 Å². The van der Waals surface area contributed by atoms with E-state index in [-0.39, 0.29) is 5.75 Å². The molecule has 3 nitrogen and oxygen atoms in total. The number of aryl methyl sites for hydroxylation is 1. The third-order valence-electron chi connectivity index (χ3n) is 5.20. The van der Waals surface area contributed by atoms with E-state index >= 15 is 4.39 Å². The highest BCUT2D eigenvalue weighted by atomic mass is 19.1. The van der Waals surface area contributed by atoms with Gasteiger partial charge in [-0.2, -0.15) is 0 Å². The minimum absolute atomic E-state index is 0.176. The van der Waals surface area contributed by atoms with Crippen LogP contribution in [0.4, 0.5) is 4.39 Å². The minimum atomic E-state index is -0.402. The Bertz CT molecular complexity index is 1120. The molecule has 0 amide bonds. The van der Waals surface area contributed by atoms with E-state index in [1.807, 2.05) is 56.3 Å². The molecule has 0 unspecified atom stereocenters. The fraction of sp³-hybridized carbons (Fsp3) is 0.160. The van der Waals surface area contributed by atoms with Crippen LogP contribution in [0.3, 0.4) is 0 Å². The lowest BCUT2D eigenvalue weighted by Crippen LogP contribution is -2.16. The third-order valence-corrected chi connectivity index (χ3v) is 5.20. The molecule has 0 spiro atoms. The van der Waals surface area contributed by atoms with Crippen molar-refractivity contribution in [2.45, 2.75) is 13.8 Å². The number of carbonyl (C=O) groups excluding carboxylic acids is 1. The summed E-state index contributed by atoms with van der Waals surface area (Å²) in [6.07, 6.45) is 4.81. The van der Waals surface area contributed by atoms with Crippen LogP contribution in [0.2, 0.25) is 0 Å². The van der Waals surface area contributed by atoms with Crippen molar-refractivity contribution in [2.75, 3.05) is 13.2 Å². The maximum atomic E-state index is 15.1. The average molecular weight is 388 g/mol. The molecule has 0 aliphatic carbocycles. The number of carbonyl (C=O) groups is 1. The predicted molar refractivity (Wildman–Crippen MR) is 113 cm³/mol. The molecule has 0 saturated heterocycles. The van der Waals surface area contributed by atoms with Crippen molar-refractivity contribution in [1.82, 2.24) is 0 Å². The van der Waals surface area contributed by atoms with Gasteiger partial charge < -0.3 is 9.47 Å². The van der Waals surface area contributed by atoms with E-state index in [0.29, 0.717) is 30.1 Å². The molecule has 0 fully saturated rings. The number of hydrogen-bond donors (Lipinski definition) is 0. The van der Waals surface area contributed by atoms with Crippen molar-refractivity contribution in [3.63, 3.8) is 0 Å². The van der Waals surface area contributed by atoms with Gasteiger partial charge in [0.2, 0.25) is 0 Å². The highest BCUT2D eigenvalue weighted by Crippen LogP contribution is 2.39. The topological polar surface area (TPSA) is 35.5 Å². The molecule has 0 aromatic heterocycles. The molecular weight excluding hydrogens is 367 g/mol. The van der Waals surface area contributed by atoms with E-state index in [4.69, 9.17) is 9.47 Å². The molecule has 1 aliphatic rings. The van der Waals surface area contributed by atoms with Gasteiger partial charge in [0.05, 0.1) is 0 Å². The second kappa shape index (κ2) is 7.92. The second-order valence-corrected chi connectivity index (χ2v) is 7.04. The van der Waals surface area contributed by atoms with E-state index in [1.165, 1.54) is 0 Å². The molecule has 1 heterocycles. The molecule has 0 atom stereocenters. The molecule has 0 N–H and O–H groups in total. The van der Waals surface area contributed by atoms with Gasteiger partial charge in [-0.05, 0) is 59.9 Å². The Labute approximate surface area is 169 Å². The molecule has 0 saturated carbocycles. The van der Waals surface area contributed by atoms with Crippen LogP contribution in [0.15, 0.2) is 48.5 Å². The zero-order chi connectivity index (χ0) is 20.4. The molecule has 4 rings (SSSR count). The molecular formula is C25H21FO3. The quantitative estimate of drug-likeness (QED) is 0.415. The fourth-order valence-corrected chi connectivity index (χ4v) is 3.51. The third kappa shape index (κ3) is 3.66. The van der Waals surface area contributed by atoms with Gasteiger partial charge in [-0.15, -0.1) is 0 Å². The van der Waals surface area contributed by atoms with Crippen LogP contribution >= 0.6 is 0 Å². The number of rotatable bonds is 4. The van der Waals surface area contributed by atoms with Crippen LogP contribution in [0.5, 0.6) is 11.5 Å². The van der Waals surface area contributed by atoms with E-state index in [0.717, 1.165) is 34.1 Å². The van der Waals surface area contributed by atoms with E-state index in [1.54, 1.807) is 18.2 Å². The standard InChI is InChI=1S/C25H21FO3/c1-16-6-7-18(15-27)14-20(16)9-8-19-4-3-5-21(17(19)2)22-10-11-23-25(24(22)26)29-13-12-28-23/h3-11,14-15H,12-13H2,1-2H3/b9-8+.